The summed E-state index contributed by atoms with van der Waals surface area (Å²) in [6, 6.07) is 8.43. The van der Waals surface area contributed by atoms with Crippen molar-refractivity contribution in [1.82, 2.24) is 10.5 Å². The van der Waals surface area contributed by atoms with Gasteiger partial charge >= 0.3 is 0 Å². The van der Waals surface area contributed by atoms with Crippen molar-refractivity contribution in [3.63, 3.8) is 0 Å². The number of halogens is 2. The Morgan fingerprint density at radius 3 is 2.96 bits per heavy atom. The molecule has 2 aromatic heterocycles. The van der Waals surface area contributed by atoms with Crippen molar-refractivity contribution >= 4 is 54.8 Å². The molecule has 4 N–H and O–H groups in total. The van der Waals surface area contributed by atoms with Crippen molar-refractivity contribution in [1.29, 1.82) is 0 Å². The van der Waals surface area contributed by atoms with Crippen molar-refractivity contribution in [2.24, 2.45) is 0 Å². The lowest BCUT2D eigenvalue weighted by Gasteiger charge is -2.15. The first kappa shape index (κ1) is 18.4. The lowest BCUT2D eigenvalue weighted by Crippen LogP contribution is -2.23. The predicted molar refractivity (Wildman–Crippen MR) is 103 cm³/mol. The first-order valence-corrected chi connectivity index (χ1v) is 9.25. The normalized spacial score (nSPS) is 12.5. The molecule has 0 fully saturated rings. The lowest BCUT2D eigenvalue weighted by atomic mass is 10.2. The van der Waals surface area contributed by atoms with Crippen LogP contribution in [0.3, 0.4) is 0 Å². The van der Waals surface area contributed by atoms with Gasteiger partial charge in [0.25, 0.3) is 0 Å². The van der Waals surface area contributed by atoms with E-state index in [2.05, 4.69) is 15.8 Å². The molecule has 25 heavy (non-hydrogen) atoms. The minimum Gasteiger partial charge on any atom is -0.394 e. The number of hydroxylamine groups is 1. The van der Waals surface area contributed by atoms with Gasteiger partial charge in [0.1, 0.15) is 15.6 Å². The van der Waals surface area contributed by atoms with E-state index in [4.69, 9.17) is 9.94 Å². The first-order chi connectivity index (χ1) is 12.1. The van der Waals surface area contributed by atoms with Crippen molar-refractivity contribution in [3.8, 4) is 0 Å². The van der Waals surface area contributed by atoms with Crippen LogP contribution in [0.4, 0.5) is 15.1 Å². The number of nitrogens with zero attached hydrogens (tertiary/aromatic N) is 1. The largest absolute Gasteiger partial charge is 0.394 e. The Labute approximate surface area is 160 Å². The fraction of sp³-hybridized carbons (Fsp3) is 0.188. The minimum atomic E-state index is -1.17. The number of thiophene rings is 1. The maximum absolute atomic E-state index is 14.2. The monoisotopic (exact) mass is 475 g/mol. The first-order valence-electron chi connectivity index (χ1n) is 7.36. The van der Waals surface area contributed by atoms with Gasteiger partial charge in [0.2, 0.25) is 0 Å². The van der Waals surface area contributed by atoms with Crippen molar-refractivity contribution < 1.29 is 19.4 Å². The molecule has 0 saturated heterocycles. The number of anilines is 2. The SMILES string of the molecule is OCCONC(O)c1c(Nc2ccc(I)cc2F)sc2ncccc12. The van der Waals surface area contributed by atoms with Gasteiger partial charge in [-0.2, -0.15) is 5.48 Å². The zero-order valence-electron chi connectivity index (χ0n) is 12.9. The zero-order valence-corrected chi connectivity index (χ0v) is 15.8. The third kappa shape index (κ3) is 4.25. The van der Waals surface area contributed by atoms with E-state index < -0.39 is 6.23 Å². The van der Waals surface area contributed by atoms with Crippen LogP contribution in [0.25, 0.3) is 10.2 Å². The van der Waals surface area contributed by atoms with Crippen LogP contribution in [0.2, 0.25) is 0 Å². The molecule has 1 aromatic carbocycles. The van der Waals surface area contributed by atoms with Gasteiger partial charge in [0.15, 0.2) is 6.23 Å². The van der Waals surface area contributed by atoms with Crippen LogP contribution >= 0.6 is 33.9 Å². The topological polar surface area (TPSA) is 86.6 Å². The third-order valence-electron chi connectivity index (χ3n) is 3.35. The minimum absolute atomic E-state index is 0.0336. The standard InChI is InChI=1S/C16H15FIN3O3S/c17-11-8-9(18)3-4-12(11)20-16-13(14(23)21-24-7-6-22)10-2-1-5-19-15(10)25-16/h1-5,8,14,20-23H,6-7H2. The molecule has 0 aliphatic carbocycles. The molecule has 0 bridgehead atoms. The number of benzene rings is 1. The van der Waals surface area contributed by atoms with E-state index in [1.807, 2.05) is 28.7 Å². The number of aliphatic hydroxyl groups is 2. The molecular formula is C16H15FIN3O3S. The molecule has 1 atom stereocenters. The van der Waals surface area contributed by atoms with Gasteiger partial charge in [-0.25, -0.2) is 9.37 Å². The summed E-state index contributed by atoms with van der Waals surface area (Å²) in [6.07, 6.45) is 0.485. The second kappa shape index (κ2) is 8.34. The second-order valence-electron chi connectivity index (χ2n) is 5.04. The van der Waals surface area contributed by atoms with Crippen LogP contribution in [0.5, 0.6) is 0 Å². The molecule has 0 saturated carbocycles. The van der Waals surface area contributed by atoms with Gasteiger partial charge in [0, 0.05) is 20.7 Å². The van der Waals surface area contributed by atoms with Crippen molar-refractivity contribution in [3.05, 3.63) is 51.5 Å². The number of aliphatic hydroxyl groups excluding tert-OH is 2. The Hall–Kier alpha value is -1.37. The Morgan fingerprint density at radius 1 is 1.36 bits per heavy atom. The van der Waals surface area contributed by atoms with Crippen LogP contribution < -0.4 is 10.8 Å². The quantitative estimate of drug-likeness (QED) is 0.182. The van der Waals surface area contributed by atoms with Gasteiger partial charge in [-0.15, -0.1) is 0 Å². The number of hydrogen-bond donors (Lipinski definition) is 4. The van der Waals surface area contributed by atoms with Gasteiger partial charge in [0.05, 0.1) is 18.9 Å². The van der Waals surface area contributed by atoms with Crippen molar-refractivity contribution in [2.45, 2.75) is 6.23 Å². The van der Waals surface area contributed by atoms with E-state index in [9.17, 15) is 9.50 Å². The molecular weight excluding hydrogens is 460 g/mol. The van der Waals surface area contributed by atoms with Gasteiger partial charge in [-0.3, -0.25) is 4.84 Å². The Balaban J connectivity index is 1.97. The highest BCUT2D eigenvalue weighted by Crippen LogP contribution is 2.39. The van der Waals surface area contributed by atoms with Crippen LogP contribution in [0.1, 0.15) is 11.8 Å². The summed E-state index contributed by atoms with van der Waals surface area (Å²) in [6.45, 7) is -0.142. The number of pyridine rings is 1. The van der Waals surface area contributed by atoms with Crippen molar-refractivity contribution in [2.75, 3.05) is 18.5 Å². The highest BCUT2D eigenvalue weighted by Gasteiger charge is 2.21. The van der Waals surface area contributed by atoms with E-state index >= 15 is 0 Å². The van der Waals surface area contributed by atoms with E-state index in [1.165, 1.54) is 17.4 Å². The molecule has 0 spiro atoms. The smallest absolute Gasteiger partial charge is 0.156 e. The maximum atomic E-state index is 14.2. The van der Waals surface area contributed by atoms with E-state index in [1.54, 1.807) is 24.4 Å². The Morgan fingerprint density at radius 2 is 2.20 bits per heavy atom. The molecule has 0 aliphatic heterocycles. The molecule has 0 radical (unpaired) electrons. The molecule has 132 valence electrons. The number of nitrogens with one attached hydrogen (secondary N) is 2. The zero-order chi connectivity index (χ0) is 17.8. The average Bonchev–Trinajstić information content (AvgIpc) is 2.95. The number of aromatic nitrogens is 1. The highest BCUT2D eigenvalue weighted by atomic mass is 127. The van der Waals surface area contributed by atoms with Gasteiger partial charge in [-0.05, 0) is 52.9 Å². The van der Waals surface area contributed by atoms with E-state index in [0.717, 1.165) is 8.96 Å². The van der Waals surface area contributed by atoms with Crippen LogP contribution in [0.15, 0.2) is 36.5 Å². The maximum Gasteiger partial charge on any atom is 0.156 e. The molecule has 3 rings (SSSR count). The third-order valence-corrected chi connectivity index (χ3v) is 5.06. The molecule has 9 heteroatoms. The number of fused-ring (bicyclic) bond motifs is 1. The second-order valence-corrected chi connectivity index (χ2v) is 7.29. The summed E-state index contributed by atoms with van der Waals surface area (Å²) in [4.78, 5) is 9.98. The predicted octanol–water partition coefficient (Wildman–Crippen LogP) is 3.29. The summed E-state index contributed by atoms with van der Waals surface area (Å²) in [5.74, 6) is -0.387. The molecule has 0 aliphatic rings. The average molecular weight is 475 g/mol. The Bertz CT molecular complexity index is 877. The molecule has 3 aromatic rings. The molecule has 0 amide bonds. The molecule has 1 unspecified atom stereocenters. The van der Waals surface area contributed by atoms with Crippen LogP contribution in [-0.4, -0.2) is 28.4 Å². The van der Waals surface area contributed by atoms with Crippen LogP contribution in [0, 0.1) is 9.39 Å². The summed E-state index contributed by atoms with van der Waals surface area (Å²) in [5.41, 5.74) is 3.27. The van der Waals surface area contributed by atoms with E-state index in [0.29, 0.717) is 21.1 Å². The molecule has 2 heterocycles. The molecule has 6 nitrogen and oxygen atoms in total. The Kier molecular flexibility index (Phi) is 6.15. The van der Waals surface area contributed by atoms with Gasteiger partial charge in [-0.1, -0.05) is 11.3 Å². The van der Waals surface area contributed by atoms with E-state index in [-0.39, 0.29) is 19.0 Å². The number of rotatable bonds is 7. The fourth-order valence-electron chi connectivity index (χ4n) is 2.27. The highest BCUT2D eigenvalue weighted by molar-refractivity contribution is 14.1. The summed E-state index contributed by atoms with van der Waals surface area (Å²) in [5, 5.41) is 23.5. The summed E-state index contributed by atoms with van der Waals surface area (Å²) in [7, 11) is 0. The number of hydrogen-bond acceptors (Lipinski definition) is 7. The van der Waals surface area contributed by atoms with Crippen LogP contribution in [-0.2, 0) is 4.84 Å². The van der Waals surface area contributed by atoms with Gasteiger partial charge < -0.3 is 15.5 Å². The summed E-state index contributed by atoms with van der Waals surface area (Å²) >= 11 is 3.34. The lowest BCUT2D eigenvalue weighted by molar-refractivity contribution is -0.0668. The fourth-order valence-corrected chi connectivity index (χ4v) is 3.81. The summed E-state index contributed by atoms with van der Waals surface area (Å²) < 4.78 is 15.0.